The number of nitrogens with zero attached hydrogens (tertiary/aromatic N) is 1. The molecule has 3 aromatic rings. The third-order valence-corrected chi connectivity index (χ3v) is 3.51. The predicted octanol–water partition coefficient (Wildman–Crippen LogP) is 3.97. The van der Waals surface area contributed by atoms with Gasteiger partial charge in [-0.05, 0) is 12.1 Å². The van der Waals surface area contributed by atoms with E-state index in [9.17, 15) is 9.90 Å². The Bertz CT molecular complexity index is 815. The van der Waals surface area contributed by atoms with E-state index in [1.165, 1.54) is 0 Å². The van der Waals surface area contributed by atoms with Gasteiger partial charge in [-0.1, -0.05) is 49.4 Å². The van der Waals surface area contributed by atoms with Crippen molar-refractivity contribution >= 4 is 28.1 Å². The smallest absolute Gasteiger partial charge is 0.170 e. The summed E-state index contributed by atoms with van der Waals surface area (Å²) in [6.07, 6.45) is 0.295. The number of allylic oxidation sites excluding steroid dienone is 1. The highest BCUT2D eigenvalue weighted by Gasteiger charge is 2.20. The highest BCUT2D eigenvalue weighted by molar-refractivity contribution is 6.26. The third kappa shape index (κ3) is 2.51. The number of aromatic nitrogens is 2. The van der Waals surface area contributed by atoms with Crippen LogP contribution in [0.15, 0.2) is 54.6 Å². The van der Waals surface area contributed by atoms with Crippen molar-refractivity contribution < 1.29 is 9.90 Å². The molecule has 0 aliphatic heterocycles. The standard InChI is InChI=1S/C18H16N2O2/c1-2-15(21)16(17(22)12-8-4-3-5-9-12)18-19-13-10-6-7-11-14(13)20-18/h3-11,22H,2H2,1H3,(H,19,20). The van der Waals surface area contributed by atoms with Crippen LogP contribution in [0.4, 0.5) is 0 Å². The molecule has 0 amide bonds. The number of carbonyl (C=O) groups is 1. The van der Waals surface area contributed by atoms with E-state index < -0.39 is 0 Å². The van der Waals surface area contributed by atoms with Crippen molar-refractivity contribution in [3.05, 3.63) is 66.0 Å². The minimum absolute atomic E-state index is 0.0495. The monoisotopic (exact) mass is 292 g/mol. The number of H-pyrrole nitrogens is 1. The van der Waals surface area contributed by atoms with E-state index in [4.69, 9.17) is 0 Å². The molecule has 4 nitrogen and oxygen atoms in total. The second-order valence-electron chi connectivity index (χ2n) is 4.97. The average Bonchev–Trinajstić information content (AvgIpc) is 2.99. The lowest BCUT2D eigenvalue weighted by Crippen LogP contribution is -2.05. The Kier molecular flexibility index (Phi) is 3.74. The van der Waals surface area contributed by atoms with Crippen LogP contribution in [0, 0.1) is 0 Å². The lowest BCUT2D eigenvalue weighted by molar-refractivity contribution is -0.113. The summed E-state index contributed by atoms with van der Waals surface area (Å²) in [6.45, 7) is 1.77. The van der Waals surface area contributed by atoms with E-state index in [-0.39, 0.29) is 17.1 Å². The van der Waals surface area contributed by atoms with Crippen LogP contribution in [0.2, 0.25) is 0 Å². The second kappa shape index (κ2) is 5.85. The van der Waals surface area contributed by atoms with E-state index in [0.29, 0.717) is 17.8 Å². The number of Topliss-reactive ketones (excluding diaryl/α,β-unsaturated/α-hetero) is 1. The van der Waals surface area contributed by atoms with Crippen molar-refractivity contribution in [2.24, 2.45) is 0 Å². The van der Waals surface area contributed by atoms with E-state index in [2.05, 4.69) is 9.97 Å². The van der Waals surface area contributed by atoms with Gasteiger partial charge in [-0.3, -0.25) is 4.79 Å². The van der Waals surface area contributed by atoms with Crippen LogP contribution in [0.25, 0.3) is 22.4 Å². The fourth-order valence-corrected chi connectivity index (χ4v) is 2.36. The topological polar surface area (TPSA) is 66.0 Å². The van der Waals surface area contributed by atoms with Crippen molar-refractivity contribution in [1.82, 2.24) is 9.97 Å². The van der Waals surface area contributed by atoms with Crippen LogP contribution < -0.4 is 0 Å². The number of aromatic amines is 1. The Morgan fingerprint density at radius 2 is 1.77 bits per heavy atom. The Balaban J connectivity index is 2.20. The minimum Gasteiger partial charge on any atom is -0.506 e. The van der Waals surface area contributed by atoms with Gasteiger partial charge in [0.2, 0.25) is 0 Å². The fourth-order valence-electron chi connectivity index (χ4n) is 2.36. The fraction of sp³-hybridized carbons (Fsp3) is 0.111. The Hall–Kier alpha value is -2.88. The maximum Gasteiger partial charge on any atom is 0.170 e. The number of benzene rings is 2. The molecule has 1 heterocycles. The molecule has 0 saturated heterocycles. The first-order chi connectivity index (χ1) is 10.7. The van der Waals surface area contributed by atoms with Crippen LogP contribution in [0.3, 0.4) is 0 Å². The first kappa shape index (κ1) is 14.1. The van der Waals surface area contributed by atoms with Crippen molar-refractivity contribution in [3.63, 3.8) is 0 Å². The SMILES string of the molecule is CCC(=O)C(=C(O)c1ccccc1)c1nc2ccccc2[nH]1. The lowest BCUT2D eigenvalue weighted by Gasteiger charge is -2.07. The van der Waals surface area contributed by atoms with Crippen molar-refractivity contribution in [2.45, 2.75) is 13.3 Å². The van der Waals surface area contributed by atoms with E-state index in [0.717, 1.165) is 11.0 Å². The first-order valence-corrected chi connectivity index (χ1v) is 7.17. The number of fused-ring (bicyclic) bond motifs is 1. The molecule has 0 aliphatic rings. The van der Waals surface area contributed by atoms with Gasteiger partial charge in [-0.2, -0.15) is 0 Å². The zero-order valence-corrected chi connectivity index (χ0v) is 12.2. The van der Waals surface area contributed by atoms with E-state index in [1.54, 1.807) is 19.1 Å². The van der Waals surface area contributed by atoms with Crippen molar-refractivity contribution in [2.75, 3.05) is 0 Å². The van der Waals surface area contributed by atoms with E-state index >= 15 is 0 Å². The van der Waals surface area contributed by atoms with Crippen LogP contribution in [-0.4, -0.2) is 20.9 Å². The molecule has 2 N–H and O–H groups in total. The van der Waals surface area contributed by atoms with Gasteiger partial charge in [0.25, 0.3) is 0 Å². The summed E-state index contributed by atoms with van der Waals surface area (Å²) < 4.78 is 0. The molecule has 0 fully saturated rings. The molecule has 0 atom stereocenters. The molecule has 22 heavy (non-hydrogen) atoms. The number of aliphatic hydroxyl groups is 1. The summed E-state index contributed by atoms with van der Waals surface area (Å²) in [4.78, 5) is 19.9. The maximum atomic E-state index is 12.3. The molecule has 1 aromatic heterocycles. The van der Waals surface area contributed by atoms with Gasteiger partial charge in [-0.15, -0.1) is 0 Å². The number of hydrogen-bond acceptors (Lipinski definition) is 3. The van der Waals surface area contributed by atoms with Crippen LogP contribution in [-0.2, 0) is 4.79 Å². The molecule has 3 rings (SSSR count). The summed E-state index contributed by atoms with van der Waals surface area (Å²) in [5, 5.41) is 10.6. The average molecular weight is 292 g/mol. The van der Waals surface area contributed by atoms with Gasteiger partial charge in [0.05, 0.1) is 11.0 Å². The number of rotatable bonds is 4. The van der Waals surface area contributed by atoms with Crippen molar-refractivity contribution in [1.29, 1.82) is 0 Å². The van der Waals surface area contributed by atoms with Gasteiger partial charge in [0.15, 0.2) is 5.78 Å². The highest BCUT2D eigenvalue weighted by Crippen LogP contribution is 2.26. The quantitative estimate of drug-likeness (QED) is 0.565. The van der Waals surface area contributed by atoms with Crippen molar-refractivity contribution in [3.8, 4) is 0 Å². The Morgan fingerprint density at radius 1 is 1.09 bits per heavy atom. The highest BCUT2D eigenvalue weighted by atomic mass is 16.3. The van der Waals surface area contributed by atoms with E-state index in [1.807, 2.05) is 42.5 Å². The summed E-state index contributed by atoms with van der Waals surface area (Å²) in [7, 11) is 0. The number of hydrogen-bond donors (Lipinski definition) is 2. The predicted molar refractivity (Wildman–Crippen MR) is 87.3 cm³/mol. The number of nitrogens with one attached hydrogen (secondary N) is 1. The minimum atomic E-state index is -0.152. The lowest BCUT2D eigenvalue weighted by atomic mass is 10.0. The van der Waals surface area contributed by atoms with Crippen LogP contribution in [0.1, 0.15) is 24.7 Å². The van der Waals surface area contributed by atoms with Crippen LogP contribution >= 0.6 is 0 Å². The number of aliphatic hydroxyl groups excluding tert-OH is 1. The number of imidazole rings is 1. The molecular formula is C18H16N2O2. The zero-order chi connectivity index (χ0) is 15.5. The molecule has 0 aliphatic carbocycles. The van der Waals surface area contributed by atoms with Gasteiger partial charge < -0.3 is 10.1 Å². The molecule has 0 radical (unpaired) electrons. The number of para-hydroxylation sites is 2. The van der Waals surface area contributed by atoms with Gasteiger partial charge in [0, 0.05) is 12.0 Å². The largest absolute Gasteiger partial charge is 0.506 e. The molecule has 0 saturated carbocycles. The number of ketones is 1. The summed E-state index contributed by atoms with van der Waals surface area (Å²) in [5.74, 6) is 0.196. The normalized spacial score (nSPS) is 12.2. The van der Waals surface area contributed by atoms with Gasteiger partial charge >= 0.3 is 0 Å². The molecule has 0 spiro atoms. The maximum absolute atomic E-state index is 12.3. The van der Waals surface area contributed by atoms with Gasteiger partial charge in [-0.25, -0.2) is 4.98 Å². The Labute approximate surface area is 128 Å². The third-order valence-electron chi connectivity index (χ3n) is 3.51. The number of carbonyl (C=O) groups excluding carboxylic acids is 1. The summed E-state index contributed by atoms with van der Waals surface area (Å²) in [5.41, 5.74) is 2.42. The molecule has 110 valence electrons. The molecule has 2 aromatic carbocycles. The summed E-state index contributed by atoms with van der Waals surface area (Å²) >= 11 is 0. The molecule has 0 bridgehead atoms. The zero-order valence-electron chi connectivity index (χ0n) is 12.2. The van der Waals surface area contributed by atoms with Crippen LogP contribution in [0.5, 0.6) is 0 Å². The Morgan fingerprint density at radius 3 is 2.45 bits per heavy atom. The second-order valence-corrected chi connectivity index (χ2v) is 4.97. The molecule has 0 unspecified atom stereocenters. The first-order valence-electron chi connectivity index (χ1n) is 7.17. The molecular weight excluding hydrogens is 276 g/mol. The molecule has 4 heteroatoms. The summed E-state index contributed by atoms with van der Waals surface area (Å²) in [6, 6.07) is 16.6. The van der Waals surface area contributed by atoms with Gasteiger partial charge in [0.1, 0.15) is 17.2 Å².